The molecule has 1 saturated heterocycles. The van der Waals surface area contributed by atoms with Crippen molar-refractivity contribution >= 4 is 11.3 Å². The van der Waals surface area contributed by atoms with Gasteiger partial charge in [-0.3, -0.25) is 0 Å². The fraction of sp³-hybridized carbons (Fsp3) is 0.500. The molecular weight excluding hydrogens is 160 g/mol. The van der Waals surface area contributed by atoms with E-state index in [-0.39, 0.29) is 0 Å². The number of hydrogen-bond acceptors (Lipinski definition) is 3. The number of rotatable bonds is 4. The van der Waals surface area contributed by atoms with E-state index in [0.717, 1.165) is 19.8 Å². The van der Waals surface area contributed by atoms with Gasteiger partial charge in [-0.25, -0.2) is 0 Å². The number of epoxide rings is 1. The van der Waals surface area contributed by atoms with Gasteiger partial charge in [0.05, 0.1) is 19.8 Å². The van der Waals surface area contributed by atoms with E-state index in [2.05, 4.69) is 11.4 Å². The van der Waals surface area contributed by atoms with Gasteiger partial charge in [-0.1, -0.05) is 6.07 Å². The van der Waals surface area contributed by atoms with Gasteiger partial charge in [0.15, 0.2) is 0 Å². The minimum Gasteiger partial charge on any atom is -0.373 e. The molecule has 0 bridgehead atoms. The first-order valence-electron chi connectivity index (χ1n) is 3.67. The molecule has 1 fully saturated rings. The van der Waals surface area contributed by atoms with Gasteiger partial charge in [-0.2, -0.15) is 0 Å². The Labute approximate surface area is 69.8 Å². The molecule has 1 unspecified atom stereocenters. The summed E-state index contributed by atoms with van der Waals surface area (Å²) in [5, 5.41) is 2.06. The van der Waals surface area contributed by atoms with E-state index in [1.807, 2.05) is 6.07 Å². The fourth-order valence-electron chi connectivity index (χ4n) is 0.850. The first-order valence-corrected chi connectivity index (χ1v) is 4.55. The van der Waals surface area contributed by atoms with Crippen molar-refractivity contribution in [2.75, 3.05) is 13.2 Å². The molecule has 0 radical (unpaired) electrons. The van der Waals surface area contributed by atoms with E-state index in [1.165, 1.54) is 4.88 Å². The van der Waals surface area contributed by atoms with E-state index in [9.17, 15) is 0 Å². The topological polar surface area (TPSA) is 21.8 Å². The molecule has 1 aliphatic rings. The largest absolute Gasteiger partial charge is 0.373 e. The van der Waals surface area contributed by atoms with Gasteiger partial charge < -0.3 is 9.47 Å². The predicted molar refractivity (Wildman–Crippen MR) is 43.7 cm³/mol. The number of hydrogen-bond donors (Lipinski definition) is 0. The van der Waals surface area contributed by atoms with Crippen LogP contribution in [0, 0.1) is 0 Å². The molecule has 0 amide bonds. The highest BCUT2D eigenvalue weighted by Crippen LogP contribution is 2.13. The van der Waals surface area contributed by atoms with E-state index in [4.69, 9.17) is 9.47 Å². The van der Waals surface area contributed by atoms with Crippen molar-refractivity contribution in [3.8, 4) is 0 Å². The average Bonchev–Trinajstić information content (AvgIpc) is 2.66. The zero-order chi connectivity index (χ0) is 7.52. The highest BCUT2D eigenvalue weighted by atomic mass is 32.1. The van der Waals surface area contributed by atoms with Crippen LogP contribution in [0.4, 0.5) is 0 Å². The molecule has 0 N–H and O–H groups in total. The average molecular weight is 170 g/mol. The van der Waals surface area contributed by atoms with Crippen molar-refractivity contribution in [3.05, 3.63) is 22.4 Å². The monoisotopic (exact) mass is 170 g/mol. The maximum absolute atomic E-state index is 5.39. The molecule has 3 heteroatoms. The minimum absolute atomic E-state index is 0.384. The lowest BCUT2D eigenvalue weighted by Crippen LogP contribution is -1.99. The Morgan fingerprint density at radius 2 is 2.64 bits per heavy atom. The van der Waals surface area contributed by atoms with Crippen molar-refractivity contribution in [1.29, 1.82) is 0 Å². The predicted octanol–water partition coefficient (Wildman–Crippen LogP) is 1.66. The van der Waals surface area contributed by atoms with E-state index in [1.54, 1.807) is 11.3 Å². The smallest absolute Gasteiger partial charge is 0.104 e. The lowest BCUT2D eigenvalue weighted by atomic mass is 10.5. The fourth-order valence-corrected chi connectivity index (χ4v) is 1.49. The third-order valence-electron chi connectivity index (χ3n) is 1.53. The Hall–Kier alpha value is -0.380. The van der Waals surface area contributed by atoms with E-state index < -0.39 is 0 Å². The van der Waals surface area contributed by atoms with Crippen molar-refractivity contribution in [1.82, 2.24) is 0 Å². The quantitative estimate of drug-likeness (QED) is 0.641. The highest BCUT2D eigenvalue weighted by Gasteiger charge is 2.22. The molecule has 0 aromatic carbocycles. The van der Waals surface area contributed by atoms with Gasteiger partial charge in [-0.15, -0.1) is 11.3 Å². The van der Waals surface area contributed by atoms with E-state index >= 15 is 0 Å². The Morgan fingerprint density at radius 1 is 1.73 bits per heavy atom. The van der Waals surface area contributed by atoms with Crippen LogP contribution >= 0.6 is 11.3 Å². The Balaban J connectivity index is 1.66. The summed E-state index contributed by atoms with van der Waals surface area (Å²) in [5.74, 6) is 0. The Morgan fingerprint density at radius 3 is 3.27 bits per heavy atom. The number of thiophene rings is 1. The molecule has 11 heavy (non-hydrogen) atoms. The maximum atomic E-state index is 5.39. The van der Waals surface area contributed by atoms with Crippen LogP contribution < -0.4 is 0 Å². The summed E-state index contributed by atoms with van der Waals surface area (Å²) < 4.78 is 10.4. The van der Waals surface area contributed by atoms with E-state index in [0.29, 0.717) is 6.10 Å². The van der Waals surface area contributed by atoms with Crippen molar-refractivity contribution in [2.45, 2.75) is 12.7 Å². The Kier molecular flexibility index (Phi) is 2.21. The van der Waals surface area contributed by atoms with Crippen LogP contribution in [-0.4, -0.2) is 19.3 Å². The first kappa shape index (κ1) is 7.28. The van der Waals surface area contributed by atoms with Crippen LogP contribution in [-0.2, 0) is 16.1 Å². The molecule has 1 atom stereocenters. The summed E-state index contributed by atoms with van der Waals surface area (Å²) >= 11 is 1.73. The molecule has 0 saturated carbocycles. The zero-order valence-corrected chi connectivity index (χ0v) is 6.97. The second-order valence-corrected chi connectivity index (χ2v) is 3.58. The summed E-state index contributed by atoms with van der Waals surface area (Å²) in [6.45, 7) is 2.36. The molecule has 0 spiro atoms. The molecule has 1 aliphatic heterocycles. The van der Waals surface area contributed by atoms with Gasteiger partial charge in [-0.05, 0) is 11.4 Å². The molecule has 0 aliphatic carbocycles. The first-order chi connectivity index (χ1) is 5.45. The lowest BCUT2D eigenvalue weighted by Gasteiger charge is -1.97. The normalized spacial score (nSPS) is 22.0. The molecule has 1 aromatic rings. The second kappa shape index (κ2) is 3.34. The Bertz CT molecular complexity index is 204. The van der Waals surface area contributed by atoms with Gasteiger partial charge in [0, 0.05) is 4.88 Å². The van der Waals surface area contributed by atoms with Crippen molar-refractivity contribution in [2.24, 2.45) is 0 Å². The van der Waals surface area contributed by atoms with Gasteiger partial charge in [0.2, 0.25) is 0 Å². The van der Waals surface area contributed by atoms with Crippen LogP contribution in [0.25, 0.3) is 0 Å². The SMILES string of the molecule is c1csc(COCC2CO2)c1. The molecule has 1 aromatic heterocycles. The molecular formula is C8H10O2S. The van der Waals surface area contributed by atoms with Crippen LogP contribution in [0.15, 0.2) is 17.5 Å². The third-order valence-corrected chi connectivity index (χ3v) is 2.38. The molecule has 60 valence electrons. The molecule has 2 heterocycles. The summed E-state index contributed by atoms with van der Waals surface area (Å²) in [5.41, 5.74) is 0. The van der Waals surface area contributed by atoms with Gasteiger partial charge in [0.25, 0.3) is 0 Å². The highest BCUT2D eigenvalue weighted by molar-refractivity contribution is 7.09. The zero-order valence-electron chi connectivity index (χ0n) is 6.16. The van der Waals surface area contributed by atoms with Crippen LogP contribution in [0.3, 0.4) is 0 Å². The lowest BCUT2D eigenvalue weighted by molar-refractivity contribution is 0.106. The summed E-state index contributed by atoms with van der Waals surface area (Å²) in [4.78, 5) is 1.28. The van der Waals surface area contributed by atoms with Crippen molar-refractivity contribution < 1.29 is 9.47 Å². The van der Waals surface area contributed by atoms with Crippen molar-refractivity contribution in [3.63, 3.8) is 0 Å². The molecule has 2 nitrogen and oxygen atoms in total. The van der Waals surface area contributed by atoms with Crippen LogP contribution in [0.5, 0.6) is 0 Å². The van der Waals surface area contributed by atoms with Crippen LogP contribution in [0.2, 0.25) is 0 Å². The minimum atomic E-state index is 0.384. The second-order valence-electron chi connectivity index (χ2n) is 2.55. The molecule has 2 rings (SSSR count). The summed E-state index contributed by atoms with van der Waals surface area (Å²) in [6.07, 6.45) is 0.384. The summed E-state index contributed by atoms with van der Waals surface area (Å²) in [7, 11) is 0. The standard InChI is InChI=1S/C8H10O2S/c1-2-8(11-3-1)6-9-4-7-5-10-7/h1-3,7H,4-6H2. The van der Waals surface area contributed by atoms with Crippen LogP contribution in [0.1, 0.15) is 4.88 Å². The van der Waals surface area contributed by atoms with Gasteiger partial charge in [0.1, 0.15) is 6.10 Å². The maximum Gasteiger partial charge on any atom is 0.104 e. The summed E-state index contributed by atoms with van der Waals surface area (Å²) in [6, 6.07) is 4.12. The third kappa shape index (κ3) is 2.29. The van der Waals surface area contributed by atoms with Gasteiger partial charge >= 0.3 is 0 Å². The number of ether oxygens (including phenoxy) is 2.